The van der Waals surface area contributed by atoms with Gasteiger partial charge in [-0.25, -0.2) is 0 Å². The number of amides is 2. The largest absolute Gasteiger partial charge is 0.497 e. The van der Waals surface area contributed by atoms with Crippen LogP contribution in [0.5, 0.6) is 5.75 Å². The molecule has 0 bridgehead atoms. The molecule has 0 radical (unpaired) electrons. The molecule has 0 unspecified atom stereocenters. The van der Waals surface area contributed by atoms with Crippen molar-refractivity contribution in [3.63, 3.8) is 0 Å². The monoisotopic (exact) mass is 378 g/mol. The zero-order valence-corrected chi connectivity index (χ0v) is 16.5. The van der Waals surface area contributed by atoms with Gasteiger partial charge in [0.1, 0.15) is 5.75 Å². The maximum atomic E-state index is 13.1. The zero-order valence-electron chi connectivity index (χ0n) is 16.5. The highest BCUT2D eigenvalue weighted by Gasteiger charge is 2.48. The molecule has 2 saturated heterocycles. The number of ether oxygens (including phenoxy) is 1. The Labute approximate surface area is 165 Å². The van der Waals surface area contributed by atoms with Gasteiger partial charge in [-0.2, -0.15) is 0 Å². The fourth-order valence-corrected chi connectivity index (χ4v) is 4.51. The van der Waals surface area contributed by atoms with Gasteiger partial charge in [-0.05, 0) is 54.7 Å². The normalized spacial score (nSPS) is 22.0. The van der Waals surface area contributed by atoms with Crippen molar-refractivity contribution >= 4 is 11.8 Å². The number of rotatable bonds is 3. The van der Waals surface area contributed by atoms with E-state index in [0.717, 1.165) is 42.7 Å². The summed E-state index contributed by atoms with van der Waals surface area (Å²) in [7, 11) is 3.51. The van der Waals surface area contributed by atoms with Gasteiger partial charge in [0.15, 0.2) is 0 Å². The number of piperidine rings is 1. The summed E-state index contributed by atoms with van der Waals surface area (Å²) in [6, 6.07) is 15.5. The second-order valence-electron chi connectivity index (χ2n) is 7.90. The van der Waals surface area contributed by atoms with E-state index in [4.69, 9.17) is 4.74 Å². The summed E-state index contributed by atoms with van der Waals surface area (Å²) in [5.74, 6) is 0.984. The van der Waals surface area contributed by atoms with Gasteiger partial charge >= 0.3 is 0 Å². The van der Waals surface area contributed by atoms with Crippen LogP contribution in [0, 0.1) is 5.41 Å². The van der Waals surface area contributed by atoms with E-state index in [1.54, 1.807) is 7.11 Å². The van der Waals surface area contributed by atoms with Crippen LogP contribution in [0.25, 0.3) is 11.1 Å². The van der Waals surface area contributed by atoms with E-state index in [2.05, 4.69) is 0 Å². The summed E-state index contributed by atoms with van der Waals surface area (Å²) in [6.45, 7) is 1.98. The molecule has 0 N–H and O–H groups in total. The van der Waals surface area contributed by atoms with E-state index in [0.29, 0.717) is 18.7 Å². The third-order valence-corrected chi connectivity index (χ3v) is 6.10. The first-order valence-corrected chi connectivity index (χ1v) is 9.82. The lowest BCUT2D eigenvalue weighted by atomic mass is 9.78. The van der Waals surface area contributed by atoms with Crippen molar-refractivity contribution in [2.45, 2.75) is 19.3 Å². The first-order valence-electron chi connectivity index (χ1n) is 9.82. The van der Waals surface area contributed by atoms with Gasteiger partial charge in [0, 0.05) is 32.2 Å². The van der Waals surface area contributed by atoms with E-state index < -0.39 is 0 Å². The van der Waals surface area contributed by atoms with Gasteiger partial charge in [0.25, 0.3) is 5.91 Å². The Hall–Kier alpha value is -2.82. The molecule has 5 nitrogen and oxygen atoms in total. The van der Waals surface area contributed by atoms with Gasteiger partial charge < -0.3 is 14.5 Å². The third kappa shape index (κ3) is 3.26. The van der Waals surface area contributed by atoms with Gasteiger partial charge in [0.05, 0.1) is 12.5 Å². The molecule has 5 heteroatoms. The fourth-order valence-electron chi connectivity index (χ4n) is 4.51. The molecule has 0 aromatic heterocycles. The number of hydrogen-bond donors (Lipinski definition) is 0. The summed E-state index contributed by atoms with van der Waals surface area (Å²) < 4.78 is 5.31. The van der Waals surface area contributed by atoms with Crippen LogP contribution in [-0.2, 0) is 4.79 Å². The lowest BCUT2D eigenvalue weighted by Gasteiger charge is -2.37. The van der Waals surface area contributed by atoms with Crippen LogP contribution in [0.1, 0.15) is 29.6 Å². The minimum atomic E-state index is -0.382. The molecule has 2 aromatic rings. The van der Waals surface area contributed by atoms with Crippen molar-refractivity contribution in [2.24, 2.45) is 5.41 Å². The molecule has 1 spiro atoms. The number of hydrogen-bond acceptors (Lipinski definition) is 3. The van der Waals surface area contributed by atoms with Gasteiger partial charge in [-0.15, -0.1) is 0 Å². The van der Waals surface area contributed by atoms with Crippen molar-refractivity contribution in [1.29, 1.82) is 0 Å². The molecule has 2 heterocycles. The van der Waals surface area contributed by atoms with E-state index in [-0.39, 0.29) is 17.2 Å². The van der Waals surface area contributed by atoms with Crippen LogP contribution in [0.2, 0.25) is 0 Å². The summed E-state index contributed by atoms with van der Waals surface area (Å²) in [4.78, 5) is 29.5. The maximum absolute atomic E-state index is 13.1. The summed E-state index contributed by atoms with van der Waals surface area (Å²) in [5, 5.41) is 0. The Balaban J connectivity index is 1.55. The van der Waals surface area contributed by atoms with Gasteiger partial charge in [0.2, 0.25) is 5.91 Å². The zero-order chi connectivity index (χ0) is 19.7. The standard InChI is InChI=1S/C23H26N2O3/c1-24-12-5-10-23(22(24)27)11-13-25(16-23)21(26)19-8-3-6-17(14-19)18-7-4-9-20(15-18)28-2/h3-4,6-9,14-15H,5,10-13,16H2,1-2H3/t23-/m0/s1. The lowest BCUT2D eigenvalue weighted by Crippen LogP contribution is -2.48. The smallest absolute Gasteiger partial charge is 0.253 e. The molecule has 2 aliphatic rings. The van der Waals surface area contributed by atoms with E-state index >= 15 is 0 Å². The predicted octanol–water partition coefficient (Wildman–Crippen LogP) is 3.45. The van der Waals surface area contributed by atoms with Crippen molar-refractivity contribution in [3.8, 4) is 16.9 Å². The SMILES string of the molecule is COc1cccc(-c2cccc(C(=O)N3CC[C@@]4(CCCN(C)C4=O)C3)c2)c1. The van der Waals surface area contributed by atoms with Crippen LogP contribution in [0.4, 0.5) is 0 Å². The summed E-state index contributed by atoms with van der Waals surface area (Å²) >= 11 is 0. The number of carbonyl (C=O) groups excluding carboxylic acids is 2. The van der Waals surface area contributed by atoms with Crippen LogP contribution in [0.15, 0.2) is 48.5 Å². The number of likely N-dealkylation sites (tertiary alicyclic amines) is 2. The van der Waals surface area contributed by atoms with Crippen molar-refractivity contribution < 1.29 is 14.3 Å². The minimum Gasteiger partial charge on any atom is -0.497 e. The summed E-state index contributed by atoms with van der Waals surface area (Å²) in [6.07, 6.45) is 2.65. The third-order valence-electron chi connectivity index (χ3n) is 6.10. The van der Waals surface area contributed by atoms with Crippen LogP contribution >= 0.6 is 0 Å². The van der Waals surface area contributed by atoms with Crippen molar-refractivity contribution in [1.82, 2.24) is 9.80 Å². The second kappa shape index (κ2) is 7.30. The fraction of sp³-hybridized carbons (Fsp3) is 0.391. The van der Waals surface area contributed by atoms with Crippen molar-refractivity contribution in [3.05, 3.63) is 54.1 Å². The molecule has 4 rings (SSSR count). The number of carbonyl (C=O) groups is 2. The molecule has 28 heavy (non-hydrogen) atoms. The topological polar surface area (TPSA) is 49.9 Å². The number of methoxy groups -OCH3 is 1. The van der Waals surface area contributed by atoms with E-state index in [9.17, 15) is 9.59 Å². The van der Waals surface area contributed by atoms with Crippen LogP contribution in [-0.4, -0.2) is 55.4 Å². The highest BCUT2D eigenvalue weighted by Crippen LogP contribution is 2.40. The minimum absolute atomic E-state index is 0.00245. The highest BCUT2D eigenvalue weighted by molar-refractivity contribution is 5.96. The van der Waals surface area contributed by atoms with E-state index in [1.165, 1.54) is 0 Å². The Morgan fingerprint density at radius 2 is 1.79 bits per heavy atom. The Bertz CT molecular complexity index is 910. The molecular weight excluding hydrogens is 352 g/mol. The first kappa shape index (κ1) is 18.5. The molecule has 2 fully saturated rings. The first-order chi connectivity index (χ1) is 13.5. The second-order valence-corrected chi connectivity index (χ2v) is 7.90. The van der Waals surface area contributed by atoms with Gasteiger partial charge in [-0.3, -0.25) is 9.59 Å². The Kier molecular flexibility index (Phi) is 4.84. The molecule has 0 saturated carbocycles. The quantitative estimate of drug-likeness (QED) is 0.822. The van der Waals surface area contributed by atoms with E-state index in [1.807, 2.05) is 65.4 Å². The Morgan fingerprint density at radius 1 is 1.04 bits per heavy atom. The highest BCUT2D eigenvalue weighted by atomic mass is 16.5. The molecule has 1 atom stereocenters. The van der Waals surface area contributed by atoms with Gasteiger partial charge in [-0.1, -0.05) is 24.3 Å². The average Bonchev–Trinajstić information content (AvgIpc) is 3.16. The molecular formula is C23H26N2O3. The van der Waals surface area contributed by atoms with Crippen molar-refractivity contribution in [2.75, 3.05) is 33.8 Å². The predicted molar refractivity (Wildman–Crippen MR) is 108 cm³/mol. The number of benzene rings is 2. The molecule has 0 aliphatic carbocycles. The molecule has 2 aliphatic heterocycles. The molecule has 2 amide bonds. The summed E-state index contributed by atoms with van der Waals surface area (Å²) in [5.41, 5.74) is 2.27. The lowest BCUT2D eigenvalue weighted by molar-refractivity contribution is -0.143. The van der Waals surface area contributed by atoms with Crippen LogP contribution in [0.3, 0.4) is 0 Å². The number of nitrogens with zero attached hydrogens (tertiary/aromatic N) is 2. The maximum Gasteiger partial charge on any atom is 0.253 e. The molecule has 146 valence electrons. The van der Waals surface area contributed by atoms with Crippen LogP contribution < -0.4 is 4.74 Å². The average molecular weight is 378 g/mol. The Morgan fingerprint density at radius 3 is 2.57 bits per heavy atom. The molecule has 2 aromatic carbocycles.